The van der Waals surface area contributed by atoms with Crippen LogP contribution in [0.4, 0.5) is 4.79 Å². The second-order valence-corrected chi connectivity index (χ2v) is 9.89. The van der Waals surface area contributed by atoms with Crippen LogP contribution in [0, 0.1) is 0 Å². The molecule has 0 radical (unpaired) electrons. The lowest BCUT2D eigenvalue weighted by molar-refractivity contribution is -0.142. The maximum atomic E-state index is 12.1. The van der Waals surface area contributed by atoms with Gasteiger partial charge in [0.2, 0.25) is 11.8 Å². The highest BCUT2D eigenvalue weighted by Gasteiger charge is 2.24. The topological polar surface area (TPSA) is 174 Å². The van der Waals surface area contributed by atoms with Crippen molar-refractivity contribution in [1.29, 1.82) is 0 Å². The van der Waals surface area contributed by atoms with Gasteiger partial charge in [0.15, 0.2) is 0 Å². The number of unbranched alkanes of at least 4 members (excludes halogenated alkanes) is 2. The molecule has 1 saturated heterocycles. The highest BCUT2D eigenvalue weighted by Crippen LogP contribution is 2.16. The average Bonchev–Trinajstić information content (AvgIpc) is 3.01. The fraction of sp³-hybridized carbons (Fsp3) is 0.652. The van der Waals surface area contributed by atoms with Gasteiger partial charge < -0.3 is 26.4 Å². The standard InChI is InChI=1S/C23H35N5O7S/c29-17(7-1-2-9-19-27-23(35)25-13-15-36-19)24-12-4-3-6-16(22(33)34)26-18(30)8-5-14-28-20(31)10-11-21(28)32/h10-11,16,19H,1-9,12-15H2,(H,24,29)(H,26,30)(H,33,34)(H2,25,27,35)/t16-,19-/m0/s1. The SMILES string of the molecule is O=C(CCCC[C@H]1NC(=O)NCCS1)NCCCC[C@H](NC(=O)CCCN1C(=O)C=CC1=O)C(=O)O. The molecule has 12 nitrogen and oxygen atoms in total. The molecule has 5 N–H and O–H groups in total. The third-order valence-corrected chi connectivity index (χ3v) is 6.88. The van der Waals surface area contributed by atoms with E-state index in [1.807, 2.05) is 0 Å². The van der Waals surface area contributed by atoms with Gasteiger partial charge in [-0.1, -0.05) is 6.42 Å². The molecule has 2 aliphatic heterocycles. The molecule has 0 bridgehead atoms. The largest absolute Gasteiger partial charge is 0.480 e. The Kier molecular flexibility index (Phi) is 12.8. The summed E-state index contributed by atoms with van der Waals surface area (Å²) >= 11 is 1.69. The van der Waals surface area contributed by atoms with E-state index in [2.05, 4.69) is 21.3 Å². The van der Waals surface area contributed by atoms with Gasteiger partial charge in [0.05, 0.1) is 5.37 Å². The first-order valence-corrected chi connectivity index (χ1v) is 13.3. The summed E-state index contributed by atoms with van der Waals surface area (Å²) in [6.07, 6.45) is 6.64. The van der Waals surface area contributed by atoms with Gasteiger partial charge >= 0.3 is 12.0 Å². The number of amides is 6. The Labute approximate surface area is 214 Å². The van der Waals surface area contributed by atoms with Gasteiger partial charge in [-0.05, 0) is 38.5 Å². The van der Waals surface area contributed by atoms with Crippen molar-refractivity contribution in [3.05, 3.63) is 12.2 Å². The zero-order valence-electron chi connectivity index (χ0n) is 20.3. The lowest BCUT2D eigenvalue weighted by Gasteiger charge is -2.16. The molecular formula is C23H35N5O7S. The van der Waals surface area contributed by atoms with Crippen LogP contribution in [0.5, 0.6) is 0 Å². The van der Waals surface area contributed by atoms with E-state index in [0.29, 0.717) is 32.4 Å². The number of carboxylic acid groups (broad SMARTS) is 1. The number of nitrogens with one attached hydrogen (secondary N) is 4. The number of nitrogens with zero attached hydrogens (tertiary/aromatic N) is 1. The molecule has 200 valence electrons. The summed E-state index contributed by atoms with van der Waals surface area (Å²) in [5.41, 5.74) is 0. The third-order valence-electron chi connectivity index (χ3n) is 5.68. The van der Waals surface area contributed by atoms with E-state index < -0.39 is 29.7 Å². The van der Waals surface area contributed by atoms with Crippen LogP contribution in [0.25, 0.3) is 0 Å². The molecule has 36 heavy (non-hydrogen) atoms. The summed E-state index contributed by atoms with van der Waals surface area (Å²) in [5.74, 6) is -1.64. The van der Waals surface area contributed by atoms with Crippen molar-refractivity contribution in [2.45, 2.75) is 69.2 Å². The van der Waals surface area contributed by atoms with Gasteiger partial charge in [-0.2, -0.15) is 0 Å². The molecule has 1 fully saturated rings. The molecule has 0 saturated carbocycles. The Hall–Kier alpha value is -3.09. The van der Waals surface area contributed by atoms with Crippen LogP contribution in [0.2, 0.25) is 0 Å². The van der Waals surface area contributed by atoms with E-state index in [1.54, 1.807) is 11.8 Å². The minimum atomic E-state index is -1.14. The average molecular weight is 526 g/mol. The Morgan fingerprint density at radius 2 is 1.75 bits per heavy atom. The molecule has 2 rings (SSSR count). The van der Waals surface area contributed by atoms with Crippen LogP contribution in [-0.4, -0.2) is 82.4 Å². The number of carbonyl (C=O) groups excluding carboxylic acids is 5. The highest BCUT2D eigenvalue weighted by atomic mass is 32.2. The molecule has 0 unspecified atom stereocenters. The Morgan fingerprint density at radius 3 is 2.47 bits per heavy atom. The molecule has 2 atom stereocenters. The molecule has 0 aromatic rings. The molecule has 0 aromatic carbocycles. The maximum absolute atomic E-state index is 12.1. The Balaban J connectivity index is 1.51. The van der Waals surface area contributed by atoms with Crippen molar-refractivity contribution >= 4 is 47.4 Å². The lowest BCUT2D eigenvalue weighted by atomic mass is 10.1. The lowest BCUT2D eigenvalue weighted by Crippen LogP contribution is -2.41. The predicted octanol–water partition coefficient (Wildman–Crippen LogP) is 0.480. The molecule has 2 heterocycles. The van der Waals surface area contributed by atoms with Crippen LogP contribution in [-0.2, 0) is 24.0 Å². The molecule has 0 aliphatic carbocycles. The normalized spacial score (nSPS) is 18.3. The highest BCUT2D eigenvalue weighted by molar-refractivity contribution is 7.99. The van der Waals surface area contributed by atoms with E-state index in [9.17, 15) is 33.9 Å². The molecule has 2 aliphatic rings. The summed E-state index contributed by atoms with van der Waals surface area (Å²) in [7, 11) is 0. The first kappa shape index (κ1) is 29.1. The van der Waals surface area contributed by atoms with Gasteiger partial charge in [0.25, 0.3) is 11.8 Å². The first-order valence-electron chi connectivity index (χ1n) is 12.2. The second kappa shape index (κ2) is 15.8. The van der Waals surface area contributed by atoms with Crippen LogP contribution < -0.4 is 21.3 Å². The van der Waals surface area contributed by atoms with E-state index in [0.717, 1.165) is 29.9 Å². The maximum Gasteiger partial charge on any atom is 0.326 e. The summed E-state index contributed by atoms with van der Waals surface area (Å²) in [4.78, 5) is 71.0. The van der Waals surface area contributed by atoms with Crippen molar-refractivity contribution in [3.8, 4) is 0 Å². The van der Waals surface area contributed by atoms with Crippen molar-refractivity contribution in [3.63, 3.8) is 0 Å². The first-order chi connectivity index (χ1) is 17.3. The van der Waals surface area contributed by atoms with Crippen LogP contribution in [0.3, 0.4) is 0 Å². The number of imide groups is 1. The van der Waals surface area contributed by atoms with E-state index >= 15 is 0 Å². The molecule has 0 aromatic heterocycles. The number of aliphatic carboxylic acids is 1. The van der Waals surface area contributed by atoms with Crippen LogP contribution >= 0.6 is 11.8 Å². The number of urea groups is 1. The van der Waals surface area contributed by atoms with Gasteiger partial charge in [-0.3, -0.25) is 24.1 Å². The molecular weight excluding hydrogens is 490 g/mol. The number of carboxylic acids is 1. The summed E-state index contributed by atoms with van der Waals surface area (Å²) in [5, 5.41) is 20.3. The van der Waals surface area contributed by atoms with Gasteiger partial charge in [-0.25, -0.2) is 9.59 Å². The smallest absolute Gasteiger partial charge is 0.326 e. The minimum absolute atomic E-state index is 0.000406. The molecule has 6 amide bonds. The van der Waals surface area contributed by atoms with Gasteiger partial charge in [0.1, 0.15) is 6.04 Å². The van der Waals surface area contributed by atoms with E-state index in [-0.39, 0.29) is 43.1 Å². The monoisotopic (exact) mass is 525 g/mol. The van der Waals surface area contributed by atoms with Gasteiger partial charge in [-0.15, -0.1) is 11.8 Å². The fourth-order valence-electron chi connectivity index (χ4n) is 3.74. The predicted molar refractivity (Wildman–Crippen MR) is 133 cm³/mol. The second-order valence-electron chi connectivity index (χ2n) is 8.57. The summed E-state index contributed by atoms with van der Waals surface area (Å²) in [6.45, 7) is 1.17. The van der Waals surface area contributed by atoms with Gasteiger partial charge in [0, 0.05) is 50.4 Å². The number of thioether (sulfide) groups is 1. The fourth-order valence-corrected chi connectivity index (χ4v) is 4.77. The summed E-state index contributed by atoms with van der Waals surface area (Å²) < 4.78 is 0. The van der Waals surface area contributed by atoms with Crippen molar-refractivity contribution in [1.82, 2.24) is 26.2 Å². The Bertz CT molecular complexity index is 833. The number of hydrogen-bond acceptors (Lipinski definition) is 7. The van der Waals surface area contributed by atoms with Crippen molar-refractivity contribution in [2.24, 2.45) is 0 Å². The minimum Gasteiger partial charge on any atom is -0.480 e. The van der Waals surface area contributed by atoms with Crippen LogP contribution in [0.15, 0.2) is 12.2 Å². The zero-order valence-corrected chi connectivity index (χ0v) is 21.1. The number of hydrogen-bond donors (Lipinski definition) is 5. The molecule has 13 heteroatoms. The third kappa shape index (κ3) is 11.1. The number of rotatable bonds is 16. The number of carbonyl (C=O) groups is 6. The zero-order chi connectivity index (χ0) is 26.3. The van der Waals surface area contributed by atoms with Crippen molar-refractivity contribution < 1.29 is 33.9 Å². The van der Waals surface area contributed by atoms with Crippen molar-refractivity contribution in [2.75, 3.05) is 25.4 Å². The van der Waals surface area contributed by atoms with Crippen LogP contribution in [0.1, 0.15) is 57.8 Å². The molecule has 0 spiro atoms. The quantitative estimate of drug-likeness (QED) is 0.143. The Morgan fingerprint density at radius 1 is 1.03 bits per heavy atom. The van der Waals surface area contributed by atoms with E-state index in [4.69, 9.17) is 0 Å². The van der Waals surface area contributed by atoms with E-state index in [1.165, 1.54) is 12.2 Å². The summed E-state index contributed by atoms with van der Waals surface area (Å²) in [6, 6.07) is -1.19.